The number of benzene rings is 2. The van der Waals surface area contributed by atoms with Crippen LogP contribution in [-0.2, 0) is 11.2 Å². The largest absolute Gasteiger partial charge is 0.326 e. The van der Waals surface area contributed by atoms with Gasteiger partial charge >= 0.3 is 0 Å². The van der Waals surface area contributed by atoms with Crippen molar-refractivity contribution in [3.05, 3.63) is 58.6 Å². The number of hydrogen-bond acceptors (Lipinski definition) is 3. The molecule has 3 nitrogen and oxygen atoms in total. The Balaban J connectivity index is 1.73. The first kappa shape index (κ1) is 13.8. The zero-order valence-electron chi connectivity index (χ0n) is 12.0. The molecule has 1 amide bonds. The first-order valence-corrected chi connectivity index (χ1v) is 7.69. The molecular formula is C17H16N2OS. The van der Waals surface area contributed by atoms with Gasteiger partial charge in [-0.25, -0.2) is 4.98 Å². The molecule has 2 aromatic carbocycles. The van der Waals surface area contributed by atoms with Crippen LogP contribution in [0.2, 0.25) is 0 Å². The number of fused-ring (bicyclic) bond motifs is 1. The fourth-order valence-electron chi connectivity index (χ4n) is 2.36. The number of anilines is 1. The molecule has 0 aliphatic heterocycles. The summed E-state index contributed by atoms with van der Waals surface area (Å²) in [7, 11) is 0. The first-order valence-electron chi connectivity index (χ1n) is 6.81. The molecule has 0 aliphatic rings. The van der Waals surface area contributed by atoms with Crippen LogP contribution in [0.3, 0.4) is 0 Å². The van der Waals surface area contributed by atoms with Gasteiger partial charge in [0.2, 0.25) is 5.91 Å². The molecule has 0 saturated carbocycles. The van der Waals surface area contributed by atoms with Crippen LogP contribution < -0.4 is 5.32 Å². The Bertz CT molecular complexity index is 807. The van der Waals surface area contributed by atoms with Crippen molar-refractivity contribution in [1.82, 2.24) is 4.98 Å². The van der Waals surface area contributed by atoms with E-state index in [1.54, 1.807) is 11.3 Å². The number of nitrogens with zero attached hydrogens (tertiary/aromatic N) is 1. The summed E-state index contributed by atoms with van der Waals surface area (Å²) in [6.45, 7) is 4.10. The highest BCUT2D eigenvalue weighted by Crippen LogP contribution is 2.22. The molecule has 3 rings (SSSR count). The van der Waals surface area contributed by atoms with E-state index in [0.717, 1.165) is 27.0 Å². The molecule has 0 fully saturated rings. The van der Waals surface area contributed by atoms with E-state index in [-0.39, 0.29) is 5.91 Å². The molecule has 0 atom stereocenters. The number of carbonyl (C=O) groups is 1. The molecule has 21 heavy (non-hydrogen) atoms. The van der Waals surface area contributed by atoms with Gasteiger partial charge in [0.15, 0.2) is 0 Å². The highest BCUT2D eigenvalue weighted by Gasteiger charge is 2.07. The molecule has 1 N–H and O–H groups in total. The van der Waals surface area contributed by atoms with Crippen molar-refractivity contribution < 1.29 is 4.79 Å². The number of hydrogen-bond donors (Lipinski definition) is 1. The highest BCUT2D eigenvalue weighted by molar-refractivity contribution is 7.16. The van der Waals surface area contributed by atoms with Gasteiger partial charge in [-0.15, -0.1) is 11.3 Å². The van der Waals surface area contributed by atoms with Crippen LogP contribution in [0, 0.1) is 13.8 Å². The summed E-state index contributed by atoms with van der Waals surface area (Å²) in [6.07, 6.45) is 0.396. The lowest BCUT2D eigenvalue weighted by molar-refractivity contribution is -0.115. The van der Waals surface area contributed by atoms with Crippen molar-refractivity contribution in [2.45, 2.75) is 20.3 Å². The molecule has 1 heterocycles. The molecule has 106 valence electrons. The van der Waals surface area contributed by atoms with Crippen molar-refractivity contribution in [1.29, 1.82) is 0 Å². The molecule has 4 heteroatoms. The fraction of sp³-hybridized carbons (Fsp3) is 0.176. The van der Waals surface area contributed by atoms with E-state index in [9.17, 15) is 4.79 Å². The van der Waals surface area contributed by atoms with Crippen LogP contribution >= 0.6 is 11.3 Å². The number of carbonyl (C=O) groups excluding carboxylic acids is 1. The van der Waals surface area contributed by atoms with Crippen molar-refractivity contribution >= 4 is 33.1 Å². The lowest BCUT2D eigenvalue weighted by Gasteiger charge is -2.08. The normalized spacial score (nSPS) is 10.8. The third-order valence-corrected chi connectivity index (χ3v) is 4.26. The number of aromatic nitrogens is 1. The average molecular weight is 296 g/mol. The molecule has 0 radical (unpaired) electrons. The number of thiazole rings is 1. The van der Waals surface area contributed by atoms with Crippen LogP contribution in [-0.4, -0.2) is 10.9 Å². The van der Waals surface area contributed by atoms with Gasteiger partial charge in [-0.2, -0.15) is 0 Å². The van der Waals surface area contributed by atoms with Crippen molar-refractivity contribution in [2.75, 3.05) is 5.32 Å². The second-order valence-corrected chi connectivity index (χ2v) is 6.08. The highest BCUT2D eigenvalue weighted by atomic mass is 32.1. The monoisotopic (exact) mass is 296 g/mol. The van der Waals surface area contributed by atoms with Gasteiger partial charge in [-0.1, -0.05) is 23.8 Å². The Morgan fingerprint density at radius 3 is 2.86 bits per heavy atom. The summed E-state index contributed by atoms with van der Waals surface area (Å²) in [4.78, 5) is 16.4. The van der Waals surface area contributed by atoms with E-state index in [0.29, 0.717) is 6.42 Å². The van der Waals surface area contributed by atoms with Crippen molar-refractivity contribution in [3.63, 3.8) is 0 Å². The molecule has 0 spiro atoms. The summed E-state index contributed by atoms with van der Waals surface area (Å²) < 4.78 is 1.08. The summed E-state index contributed by atoms with van der Waals surface area (Å²) in [5.41, 5.74) is 7.03. The summed E-state index contributed by atoms with van der Waals surface area (Å²) in [5, 5.41) is 2.95. The van der Waals surface area contributed by atoms with E-state index < -0.39 is 0 Å². The van der Waals surface area contributed by atoms with Crippen LogP contribution in [0.1, 0.15) is 16.7 Å². The minimum absolute atomic E-state index is 0.00539. The predicted octanol–water partition coefficient (Wildman–Crippen LogP) is 4.09. The number of amides is 1. The molecule has 1 aromatic heterocycles. The molecule has 0 unspecified atom stereocenters. The zero-order chi connectivity index (χ0) is 14.8. The van der Waals surface area contributed by atoms with E-state index in [1.165, 1.54) is 5.56 Å². The molecule has 0 bridgehead atoms. The standard InChI is InChI=1S/C17H16N2OS/c1-11-3-4-13(12(2)7-11)8-17(20)19-14-5-6-15-16(9-14)21-10-18-15/h3-7,9-10H,8H2,1-2H3,(H,19,20). The molecule has 0 aliphatic carbocycles. The first-order chi connectivity index (χ1) is 10.1. The van der Waals surface area contributed by atoms with Crippen LogP contribution in [0.4, 0.5) is 5.69 Å². The van der Waals surface area contributed by atoms with Crippen molar-refractivity contribution in [2.24, 2.45) is 0 Å². The summed E-state index contributed by atoms with van der Waals surface area (Å²) in [6, 6.07) is 12.0. The Morgan fingerprint density at radius 1 is 1.19 bits per heavy atom. The SMILES string of the molecule is Cc1ccc(CC(=O)Nc2ccc3ncsc3c2)c(C)c1. The Labute approximate surface area is 127 Å². The summed E-state index contributed by atoms with van der Waals surface area (Å²) in [5.74, 6) is 0.00539. The molecule has 3 aromatic rings. The minimum Gasteiger partial charge on any atom is -0.326 e. The van der Waals surface area contributed by atoms with E-state index in [1.807, 2.05) is 42.8 Å². The number of aryl methyl sites for hydroxylation is 2. The van der Waals surface area contributed by atoms with Gasteiger partial charge in [0.05, 0.1) is 22.1 Å². The maximum Gasteiger partial charge on any atom is 0.228 e. The molecule has 0 saturated heterocycles. The van der Waals surface area contributed by atoms with Crippen LogP contribution in [0.15, 0.2) is 41.9 Å². The number of rotatable bonds is 3. The molecular weight excluding hydrogens is 280 g/mol. The smallest absolute Gasteiger partial charge is 0.228 e. The average Bonchev–Trinajstić information content (AvgIpc) is 2.89. The van der Waals surface area contributed by atoms with E-state index in [2.05, 4.69) is 23.3 Å². The van der Waals surface area contributed by atoms with Gasteiger partial charge in [0.1, 0.15) is 0 Å². The third-order valence-electron chi connectivity index (χ3n) is 3.46. The predicted molar refractivity (Wildman–Crippen MR) is 87.9 cm³/mol. The second-order valence-electron chi connectivity index (χ2n) is 5.19. The lowest BCUT2D eigenvalue weighted by Crippen LogP contribution is -2.15. The second kappa shape index (κ2) is 5.66. The van der Waals surface area contributed by atoms with E-state index in [4.69, 9.17) is 0 Å². The van der Waals surface area contributed by atoms with Gasteiger partial charge in [-0.3, -0.25) is 4.79 Å². The minimum atomic E-state index is 0.00539. The van der Waals surface area contributed by atoms with Crippen LogP contribution in [0.5, 0.6) is 0 Å². The Morgan fingerprint density at radius 2 is 2.05 bits per heavy atom. The van der Waals surface area contributed by atoms with Gasteiger partial charge in [-0.05, 0) is 43.2 Å². The van der Waals surface area contributed by atoms with Gasteiger partial charge in [0, 0.05) is 5.69 Å². The Hall–Kier alpha value is -2.20. The van der Waals surface area contributed by atoms with Gasteiger partial charge in [0.25, 0.3) is 0 Å². The quantitative estimate of drug-likeness (QED) is 0.791. The zero-order valence-corrected chi connectivity index (χ0v) is 12.8. The maximum atomic E-state index is 12.2. The van der Waals surface area contributed by atoms with E-state index >= 15 is 0 Å². The topological polar surface area (TPSA) is 42.0 Å². The fourth-order valence-corrected chi connectivity index (χ4v) is 3.07. The number of nitrogens with one attached hydrogen (secondary N) is 1. The summed E-state index contributed by atoms with van der Waals surface area (Å²) >= 11 is 1.57. The third kappa shape index (κ3) is 3.11. The van der Waals surface area contributed by atoms with Crippen molar-refractivity contribution in [3.8, 4) is 0 Å². The van der Waals surface area contributed by atoms with Gasteiger partial charge < -0.3 is 5.32 Å². The van der Waals surface area contributed by atoms with Crippen LogP contribution in [0.25, 0.3) is 10.2 Å². The lowest BCUT2D eigenvalue weighted by atomic mass is 10.0. The Kier molecular flexibility index (Phi) is 3.71. The maximum absolute atomic E-state index is 12.2.